The van der Waals surface area contributed by atoms with Crippen molar-refractivity contribution in [2.75, 3.05) is 0 Å². The Balaban J connectivity index is 2.13. The zero-order valence-corrected chi connectivity index (χ0v) is 11.6. The lowest BCUT2D eigenvalue weighted by molar-refractivity contribution is -0.288. The van der Waals surface area contributed by atoms with Crippen molar-refractivity contribution in [3.8, 4) is 0 Å². The second-order valence-corrected chi connectivity index (χ2v) is 5.47. The van der Waals surface area contributed by atoms with Crippen LogP contribution < -0.4 is 0 Å². The Labute approximate surface area is 110 Å². The highest BCUT2D eigenvalue weighted by Crippen LogP contribution is 2.30. The summed E-state index contributed by atoms with van der Waals surface area (Å²) in [5.74, 6) is -0.492. The quantitative estimate of drug-likeness (QED) is 0.784. The molecular formula is C16H22O2. The zero-order chi connectivity index (χ0) is 13.2. The molecule has 1 aromatic rings. The van der Waals surface area contributed by atoms with Crippen LogP contribution in [0.2, 0.25) is 0 Å². The average molecular weight is 246 g/mol. The molecule has 98 valence electrons. The molecule has 0 aliphatic carbocycles. The van der Waals surface area contributed by atoms with Gasteiger partial charge in [-0.3, -0.25) is 0 Å². The topological polar surface area (TPSA) is 18.5 Å². The maximum absolute atomic E-state index is 5.99. The van der Waals surface area contributed by atoms with Crippen molar-refractivity contribution in [1.82, 2.24) is 0 Å². The van der Waals surface area contributed by atoms with Crippen LogP contribution in [0.25, 0.3) is 6.08 Å². The van der Waals surface area contributed by atoms with E-state index in [1.165, 1.54) is 11.1 Å². The van der Waals surface area contributed by atoms with Crippen molar-refractivity contribution < 1.29 is 9.47 Å². The molecule has 0 aromatic heterocycles. The molecule has 2 rings (SSSR count). The molecule has 1 heterocycles. The van der Waals surface area contributed by atoms with Crippen LogP contribution in [0.1, 0.15) is 39.7 Å². The summed E-state index contributed by atoms with van der Waals surface area (Å²) in [6, 6.07) is 10.4. The molecule has 0 unspecified atom stereocenters. The normalized spacial score (nSPS) is 28.1. The fourth-order valence-electron chi connectivity index (χ4n) is 2.44. The molecule has 0 saturated carbocycles. The SMILES string of the molecule is C/C(=C\c1ccccc1)[C@H]1C[C@@H](C)OC(C)(C)O1. The van der Waals surface area contributed by atoms with Crippen LogP contribution >= 0.6 is 0 Å². The summed E-state index contributed by atoms with van der Waals surface area (Å²) in [5.41, 5.74) is 2.47. The van der Waals surface area contributed by atoms with Crippen molar-refractivity contribution >= 4 is 6.08 Å². The molecule has 2 heteroatoms. The Kier molecular flexibility index (Phi) is 3.88. The van der Waals surface area contributed by atoms with E-state index < -0.39 is 5.79 Å². The predicted octanol–water partition coefficient (Wildman–Crippen LogP) is 4.02. The van der Waals surface area contributed by atoms with Gasteiger partial charge >= 0.3 is 0 Å². The van der Waals surface area contributed by atoms with Gasteiger partial charge in [0.2, 0.25) is 0 Å². The first kappa shape index (κ1) is 13.3. The van der Waals surface area contributed by atoms with Gasteiger partial charge in [-0.2, -0.15) is 0 Å². The lowest BCUT2D eigenvalue weighted by Gasteiger charge is -2.40. The van der Waals surface area contributed by atoms with Gasteiger partial charge < -0.3 is 9.47 Å². The summed E-state index contributed by atoms with van der Waals surface area (Å²) in [6.07, 6.45) is 3.49. The summed E-state index contributed by atoms with van der Waals surface area (Å²) >= 11 is 0. The van der Waals surface area contributed by atoms with E-state index in [0.717, 1.165) is 6.42 Å². The minimum Gasteiger partial charge on any atom is -0.347 e. The summed E-state index contributed by atoms with van der Waals surface area (Å²) < 4.78 is 11.7. The third-order valence-corrected chi connectivity index (χ3v) is 3.16. The first-order valence-electron chi connectivity index (χ1n) is 6.55. The van der Waals surface area contributed by atoms with Crippen LogP contribution in [0.3, 0.4) is 0 Å². The molecule has 2 nitrogen and oxygen atoms in total. The highest BCUT2D eigenvalue weighted by atomic mass is 16.7. The zero-order valence-electron chi connectivity index (χ0n) is 11.6. The van der Waals surface area contributed by atoms with Gasteiger partial charge in [-0.25, -0.2) is 0 Å². The van der Waals surface area contributed by atoms with Gasteiger partial charge in [0.1, 0.15) is 0 Å². The summed E-state index contributed by atoms with van der Waals surface area (Å²) in [5, 5.41) is 0. The van der Waals surface area contributed by atoms with Crippen molar-refractivity contribution in [3.63, 3.8) is 0 Å². The Morgan fingerprint density at radius 1 is 1.22 bits per heavy atom. The minimum atomic E-state index is -0.492. The van der Waals surface area contributed by atoms with Crippen LogP contribution in [0, 0.1) is 0 Å². The molecule has 0 bridgehead atoms. The number of ether oxygens (including phenoxy) is 2. The second kappa shape index (κ2) is 5.25. The van der Waals surface area contributed by atoms with Crippen LogP contribution in [0.15, 0.2) is 35.9 Å². The maximum Gasteiger partial charge on any atom is 0.163 e. The minimum absolute atomic E-state index is 0.143. The number of benzene rings is 1. The molecule has 0 N–H and O–H groups in total. The summed E-state index contributed by atoms with van der Waals surface area (Å²) in [7, 11) is 0. The highest BCUT2D eigenvalue weighted by Gasteiger charge is 2.33. The molecule has 1 aliphatic heterocycles. The molecule has 1 aliphatic rings. The standard InChI is InChI=1S/C16H22O2/c1-12(10-14-8-6-5-7-9-14)15-11-13(2)17-16(3,4)18-15/h5-10,13,15H,11H2,1-4H3/b12-10+/t13-,15-/m1/s1. The first-order valence-corrected chi connectivity index (χ1v) is 6.55. The molecule has 2 atom stereocenters. The fourth-order valence-corrected chi connectivity index (χ4v) is 2.44. The summed E-state index contributed by atoms with van der Waals surface area (Å²) in [4.78, 5) is 0. The molecule has 1 fully saturated rings. The molecule has 0 spiro atoms. The Bertz CT molecular complexity index is 420. The van der Waals surface area contributed by atoms with Crippen molar-refractivity contribution in [3.05, 3.63) is 41.5 Å². The van der Waals surface area contributed by atoms with Crippen LogP contribution in [0.4, 0.5) is 0 Å². The Morgan fingerprint density at radius 3 is 2.50 bits per heavy atom. The van der Waals surface area contributed by atoms with Gasteiger partial charge in [-0.1, -0.05) is 36.4 Å². The van der Waals surface area contributed by atoms with Gasteiger partial charge in [-0.05, 0) is 38.8 Å². The largest absolute Gasteiger partial charge is 0.347 e. The van der Waals surface area contributed by atoms with Crippen LogP contribution in [-0.2, 0) is 9.47 Å². The molecule has 0 amide bonds. The highest BCUT2D eigenvalue weighted by molar-refractivity contribution is 5.53. The second-order valence-electron chi connectivity index (χ2n) is 5.47. The van der Waals surface area contributed by atoms with E-state index in [0.29, 0.717) is 0 Å². The van der Waals surface area contributed by atoms with E-state index in [4.69, 9.17) is 9.47 Å². The molecule has 1 aromatic carbocycles. The van der Waals surface area contributed by atoms with Crippen molar-refractivity contribution in [2.45, 2.75) is 52.1 Å². The van der Waals surface area contributed by atoms with E-state index in [1.54, 1.807) is 0 Å². The lowest BCUT2D eigenvalue weighted by Crippen LogP contribution is -2.43. The smallest absolute Gasteiger partial charge is 0.163 e. The van der Waals surface area contributed by atoms with Crippen molar-refractivity contribution in [2.24, 2.45) is 0 Å². The van der Waals surface area contributed by atoms with E-state index in [-0.39, 0.29) is 12.2 Å². The first-order chi connectivity index (χ1) is 8.46. The molecule has 0 radical (unpaired) electrons. The maximum atomic E-state index is 5.99. The number of rotatable bonds is 2. The average Bonchev–Trinajstić information content (AvgIpc) is 2.27. The molecule has 1 saturated heterocycles. The van der Waals surface area contributed by atoms with E-state index in [1.807, 2.05) is 19.9 Å². The Morgan fingerprint density at radius 2 is 1.89 bits per heavy atom. The van der Waals surface area contributed by atoms with E-state index in [2.05, 4.69) is 44.2 Å². The monoisotopic (exact) mass is 246 g/mol. The van der Waals surface area contributed by atoms with Gasteiger partial charge in [0.05, 0.1) is 12.2 Å². The van der Waals surface area contributed by atoms with Crippen LogP contribution in [-0.4, -0.2) is 18.0 Å². The lowest BCUT2D eigenvalue weighted by atomic mass is 10.0. The van der Waals surface area contributed by atoms with Crippen LogP contribution in [0.5, 0.6) is 0 Å². The van der Waals surface area contributed by atoms with E-state index >= 15 is 0 Å². The number of hydrogen-bond acceptors (Lipinski definition) is 2. The Hall–Kier alpha value is -1.12. The third kappa shape index (κ3) is 3.44. The molecular weight excluding hydrogens is 224 g/mol. The fraction of sp³-hybridized carbons (Fsp3) is 0.500. The van der Waals surface area contributed by atoms with E-state index in [9.17, 15) is 0 Å². The summed E-state index contributed by atoms with van der Waals surface area (Å²) in [6.45, 7) is 8.19. The number of hydrogen-bond donors (Lipinski definition) is 0. The van der Waals surface area contributed by atoms with Gasteiger partial charge in [0.15, 0.2) is 5.79 Å². The van der Waals surface area contributed by atoms with Crippen molar-refractivity contribution in [1.29, 1.82) is 0 Å². The third-order valence-electron chi connectivity index (χ3n) is 3.16. The predicted molar refractivity (Wildman–Crippen MR) is 74.2 cm³/mol. The van der Waals surface area contributed by atoms with Gasteiger partial charge in [0.25, 0.3) is 0 Å². The van der Waals surface area contributed by atoms with Gasteiger partial charge in [-0.15, -0.1) is 0 Å². The van der Waals surface area contributed by atoms with Gasteiger partial charge in [0, 0.05) is 6.42 Å². The molecule has 18 heavy (non-hydrogen) atoms.